The topological polar surface area (TPSA) is 17.0 Å². The fourth-order valence-electron chi connectivity index (χ4n) is 3.40. The first-order chi connectivity index (χ1) is 8.72. The van der Waals surface area contributed by atoms with Crippen molar-refractivity contribution < 1.29 is 0 Å². The number of nitrogens with zero attached hydrogens (tertiary/aromatic N) is 1. The predicted molar refractivity (Wildman–Crippen MR) is 80.2 cm³/mol. The van der Waals surface area contributed by atoms with Crippen molar-refractivity contribution in [2.24, 2.45) is 7.05 Å². The minimum absolute atomic E-state index is 0.662. The standard InChI is InChI=1S/C15H19BrN2/c1-17-9-10-4-3-5-13-12-7-6-11(16)8-14(12)18(2)15(10)13/h6-8,10,17H,3-5,9H2,1-2H3. The van der Waals surface area contributed by atoms with E-state index < -0.39 is 0 Å². The molecule has 0 bridgehead atoms. The van der Waals surface area contributed by atoms with Crippen LogP contribution in [0.25, 0.3) is 10.9 Å². The van der Waals surface area contributed by atoms with E-state index in [2.05, 4.69) is 51.1 Å². The molecule has 1 aliphatic carbocycles. The lowest BCUT2D eigenvalue weighted by Gasteiger charge is -2.24. The van der Waals surface area contributed by atoms with E-state index in [9.17, 15) is 0 Å². The van der Waals surface area contributed by atoms with E-state index >= 15 is 0 Å². The zero-order chi connectivity index (χ0) is 12.7. The molecule has 0 aliphatic heterocycles. The number of rotatable bonds is 2. The van der Waals surface area contributed by atoms with Gasteiger partial charge in [0.05, 0.1) is 0 Å². The van der Waals surface area contributed by atoms with E-state index in [0.29, 0.717) is 5.92 Å². The Morgan fingerprint density at radius 1 is 1.44 bits per heavy atom. The highest BCUT2D eigenvalue weighted by Crippen LogP contribution is 2.38. The molecule has 1 unspecified atom stereocenters. The second-order valence-corrected chi connectivity index (χ2v) is 6.15. The highest BCUT2D eigenvalue weighted by atomic mass is 79.9. The van der Waals surface area contributed by atoms with E-state index in [0.717, 1.165) is 11.0 Å². The van der Waals surface area contributed by atoms with Gasteiger partial charge in [-0.15, -0.1) is 0 Å². The van der Waals surface area contributed by atoms with Gasteiger partial charge < -0.3 is 9.88 Å². The van der Waals surface area contributed by atoms with Crippen molar-refractivity contribution in [3.63, 3.8) is 0 Å². The van der Waals surface area contributed by atoms with Crippen LogP contribution >= 0.6 is 15.9 Å². The van der Waals surface area contributed by atoms with Gasteiger partial charge in [-0.1, -0.05) is 22.0 Å². The van der Waals surface area contributed by atoms with Crippen LogP contribution < -0.4 is 5.32 Å². The molecule has 1 aromatic heterocycles. The molecule has 2 aromatic rings. The Kier molecular flexibility index (Phi) is 3.20. The van der Waals surface area contributed by atoms with Gasteiger partial charge in [0.15, 0.2) is 0 Å². The fraction of sp³-hybridized carbons (Fsp3) is 0.467. The maximum atomic E-state index is 3.58. The Morgan fingerprint density at radius 3 is 3.06 bits per heavy atom. The van der Waals surface area contributed by atoms with Crippen LogP contribution in [0.2, 0.25) is 0 Å². The molecule has 3 rings (SSSR count). The van der Waals surface area contributed by atoms with E-state index in [1.165, 1.54) is 30.2 Å². The van der Waals surface area contributed by atoms with Crippen LogP contribution in [0.4, 0.5) is 0 Å². The number of fused-ring (bicyclic) bond motifs is 3. The Bertz CT molecular complexity index is 586. The summed E-state index contributed by atoms with van der Waals surface area (Å²) >= 11 is 3.58. The van der Waals surface area contributed by atoms with E-state index in [1.54, 1.807) is 11.3 Å². The second kappa shape index (κ2) is 4.71. The SMILES string of the molecule is CNCC1CCCc2c1n(C)c1cc(Br)ccc21. The smallest absolute Gasteiger partial charge is 0.0494 e. The summed E-state index contributed by atoms with van der Waals surface area (Å²) in [6, 6.07) is 6.66. The largest absolute Gasteiger partial charge is 0.347 e. The molecule has 0 spiro atoms. The summed E-state index contributed by atoms with van der Waals surface area (Å²) in [6.45, 7) is 1.08. The van der Waals surface area contributed by atoms with Crippen molar-refractivity contribution in [2.75, 3.05) is 13.6 Å². The van der Waals surface area contributed by atoms with Crippen molar-refractivity contribution in [1.82, 2.24) is 9.88 Å². The van der Waals surface area contributed by atoms with E-state index in [4.69, 9.17) is 0 Å². The number of aryl methyl sites for hydroxylation is 2. The predicted octanol–water partition coefficient (Wildman–Crippen LogP) is 3.58. The molecule has 0 saturated carbocycles. The minimum Gasteiger partial charge on any atom is -0.347 e. The first-order valence-electron chi connectivity index (χ1n) is 6.63. The highest BCUT2D eigenvalue weighted by Gasteiger charge is 2.25. The van der Waals surface area contributed by atoms with Crippen molar-refractivity contribution >= 4 is 26.8 Å². The summed E-state index contributed by atoms with van der Waals surface area (Å²) in [4.78, 5) is 0. The maximum absolute atomic E-state index is 3.58. The van der Waals surface area contributed by atoms with Crippen molar-refractivity contribution in [2.45, 2.75) is 25.2 Å². The third-order valence-electron chi connectivity index (χ3n) is 4.13. The van der Waals surface area contributed by atoms with Crippen molar-refractivity contribution in [3.8, 4) is 0 Å². The molecule has 0 radical (unpaired) electrons. The maximum Gasteiger partial charge on any atom is 0.0494 e. The second-order valence-electron chi connectivity index (χ2n) is 5.23. The van der Waals surface area contributed by atoms with Crippen LogP contribution in [0.3, 0.4) is 0 Å². The summed E-state index contributed by atoms with van der Waals surface area (Å²) < 4.78 is 3.56. The first-order valence-corrected chi connectivity index (χ1v) is 7.43. The zero-order valence-electron chi connectivity index (χ0n) is 11.0. The number of likely N-dealkylation sites (N-methyl/N-ethyl adjacent to an activating group) is 1. The molecular weight excluding hydrogens is 288 g/mol. The van der Waals surface area contributed by atoms with Crippen molar-refractivity contribution in [3.05, 3.63) is 33.9 Å². The average Bonchev–Trinajstić information content (AvgIpc) is 2.64. The van der Waals surface area contributed by atoms with Gasteiger partial charge in [-0.05, 0) is 44.0 Å². The Hall–Kier alpha value is -0.800. The summed E-state index contributed by atoms with van der Waals surface area (Å²) in [7, 11) is 4.26. The highest BCUT2D eigenvalue weighted by molar-refractivity contribution is 9.10. The Balaban J connectivity index is 2.23. The van der Waals surface area contributed by atoms with E-state index in [1.807, 2.05) is 7.05 Å². The van der Waals surface area contributed by atoms with Crippen LogP contribution in [-0.4, -0.2) is 18.2 Å². The van der Waals surface area contributed by atoms with Gasteiger partial charge in [-0.25, -0.2) is 0 Å². The van der Waals surface area contributed by atoms with Crippen LogP contribution in [0, 0.1) is 0 Å². The number of aromatic nitrogens is 1. The summed E-state index contributed by atoms with van der Waals surface area (Å²) in [6.07, 6.45) is 3.85. The lowest BCUT2D eigenvalue weighted by atomic mass is 9.86. The number of halogens is 1. The van der Waals surface area contributed by atoms with Gasteiger partial charge in [0, 0.05) is 40.6 Å². The average molecular weight is 307 g/mol. The Morgan fingerprint density at radius 2 is 2.28 bits per heavy atom. The molecule has 1 heterocycles. The molecule has 96 valence electrons. The number of hydrogen-bond donors (Lipinski definition) is 1. The molecule has 0 amide bonds. The lowest BCUT2D eigenvalue weighted by molar-refractivity contribution is 0.506. The summed E-state index contributed by atoms with van der Waals surface area (Å²) in [5.74, 6) is 0.662. The van der Waals surface area contributed by atoms with Gasteiger partial charge in [-0.3, -0.25) is 0 Å². The van der Waals surface area contributed by atoms with Crippen LogP contribution in [0.1, 0.15) is 30.0 Å². The van der Waals surface area contributed by atoms with Gasteiger partial charge in [0.25, 0.3) is 0 Å². The van der Waals surface area contributed by atoms with Gasteiger partial charge in [0.2, 0.25) is 0 Å². The zero-order valence-corrected chi connectivity index (χ0v) is 12.5. The summed E-state index contributed by atoms with van der Waals surface area (Å²) in [5.41, 5.74) is 4.48. The quantitative estimate of drug-likeness (QED) is 0.897. The molecule has 1 aromatic carbocycles. The van der Waals surface area contributed by atoms with Crippen LogP contribution in [0.5, 0.6) is 0 Å². The van der Waals surface area contributed by atoms with Gasteiger partial charge in [-0.2, -0.15) is 0 Å². The normalized spacial score (nSPS) is 19.2. The van der Waals surface area contributed by atoms with Crippen LogP contribution in [-0.2, 0) is 13.5 Å². The number of nitrogens with one attached hydrogen (secondary N) is 1. The van der Waals surface area contributed by atoms with Gasteiger partial charge in [0.1, 0.15) is 0 Å². The molecular formula is C15H19BrN2. The number of benzene rings is 1. The van der Waals surface area contributed by atoms with Crippen LogP contribution in [0.15, 0.2) is 22.7 Å². The first kappa shape index (κ1) is 12.2. The monoisotopic (exact) mass is 306 g/mol. The molecule has 0 saturated heterocycles. The third kappa shape index (κ3) is 1.81. The minimum atomic E-state index is 0.662. The molecule has 18 heavy (non-hydrogen) atoms. The molecule has 1 atom stereocenters. The number of hydrogen-bond acceptors (Lipinski definition) is 1. The molecule has 3 heteroatoms. The van der Waals surface area contributed by atoms with Gasteiger partial charge >= 0.3 is 0 Å². The molecule has 2 nitrogen and oxygen atoms in total. The third-order valence-corrected chi connectivity index (χ3v) is 4.63. The van der Waals surface area contributed by atoms with E-state index in [-0.39, 0.29) is 0 Å². The Labute approximate surface area is 116 Å². The fourth-order valence-corrected chi connectivity index (χ4v) is 3.75. The molecule has 1 aliphatic rings. The summed E-state index contributed by atoms with van der Waals surface area (Å²) in [5, 5.41) is 4.78. The molecule has 1 N–H and O–H groups in total. The lowest BCUT2D eigenvalue weighted by Crippen LogP contribution is -2.22. The molecule has 0 fully saturated rings. The van der Waals surface area contributed by atoms with Crippen molar-refractivity contribution in [1.29, 1.82) is 0 Å².